The van der Waals surface area contributed by atoms with Crippen molar-refractivity contribution in [2.24, 2.45) is 11.7 Å². The first-order valence-corrected chi connectivity index (χ1v) is 5.97. The normalized spacial score (nSPS) is 12.5. The molecule has 4 nitrogen and oxygen atoms in total. The van der Waals surface area contributed by atoms with Crippen LogP contribution in [0, 0.1) is 5.92 Å². The van der Waals surface area contributed by atoms with Crippen LogP contribution in [0.15, 0.2) is 18.3 Å². The monoisotopic (exact) mass is 253 g/mol. The van der Waals surface area contributed by atoms with Crippen LogP contribution in [-0.4, -0.2) is 29.7 Å². The highest BCUT2D eigenvalue weighted by molar-refractivity contribution is 7.80. The van der Waals surface area contributed by atoms with Gasteiger partial charge in [-0.1, -0.05) is 26.1 Å². The minimum absolute atomic E-state index is 0.206. The molecule has 17 heavy (non-hydrogen) atoms. The number of hydrogen-bond acceptors (Lipinski definition) is 4. The van der Waals surface area contributed by atoms with Gasteiger partial charge < -0.3 is 15.8 Å². The Kier molecular flexibility index (Phi) is 5.31. The fraction of sp³-hybridized carbons (Fsp3) is 0.500. The van der Waals surface area contributed by atoms with Crippen molar-refractivity contribution in [3.05, 3.63) is 24.0 Å². The number of hydrogen-bond donors (Lipinski definition) is 2. The fourth-order valence-electron chi connectivity index (χ4n) is 1.50. The molecule has 1 rings (SSSR count). The van der Waals surface area contributed by atoms with E-state index in [-0.39, 0.29) is 6.04 Å². The second-order valence-electron chi connectivity index (χ2n) is 4.21. The Morgan fingerprint density at radius 1 is 1.59 bits per heavy atom. The van der Waals surface area contributed by atoms with E-state index in [2.05, 4.69) is 24.1 Å². The highest BCUT2D eigenvalue weighted by Crippen LogP contribution is 2.16. The molecule has 0 bridgehead atoms. The Bertz CT molecular complexity index is 382. The number of thiocarbonyl (C=S) groups is 1. The van der Waals surface area contributed by atoms with Gasteiger partial charge in [0, 0.05) is 13.3 Å². The molecule has 0 fully saturated rings. The Morgan fingerprint density at radius 3 is 2.82 bits per heavy atom. The molecule has 0 saturated heterocycles. The third-order valence-electron chi connectivity index (χ3n) is 2.53. The molecule has 3 N–H and O–H groups in total. The van der Waals surface area contributed by atoms with Gasteiger partial charge in [-0.15, -0.1) is 0 Å². The topological polar surface area (TPSA) is 60.2 Å². The van der Waals surface area contributed by atoms with Crippen molar-refractivity contribution in [3.63, 3.8) is 0 Å². The fourth-order valence-corrected chi connectivity index (χ4v) is 1.66. The van der Waals surface area contributed by atoms with Crippen LogP contribution in [0.1, 0.15) is 19.5 Å². The van der Waals surface area contributed by atoms with Gasteiger partial charge in [-0.2, -0.15) is 0 Å². The van der Waals surface area contributed by atoms with Gasteiger partial charge >= 0.3 is 0 Å². The van der Waals surface area contributed by atoms with Gasteiger partial charge in [0.2, 0.25) is 0 Å². The second-order valence-corrected chi connectivity index (χ2v) is 4.65. The average Bonchev–Trinajstić information content (AvgIpc) is 2.28. The van der Waals surface area contributed by atoms with Crippen LogP contribution in [0.4, 0.5) is 5.69 Å². The molecule has 1 unspecified atom stereocenters. The zero-order valence-electron chi connectivity index (χ0n) is 10.4. The van der Waals surface area contributed by atoms with Crippen LogP contribution in [0.2, 0.25) is 0 Å². The number of anilines is 1. The van der Waals surface area contributed by atoms with E-state index >= 15 is 0 Å². The van der Waals surface area contributed by atoms with Gasteiger partial charge in [0.1, 0.15) is 10.7 Å². The number of aromatic nitrogens is 1. The van der Waals surface area contributed by atoms with E-state index in [0.29, 0.717) is 23.2 Å². The number of nitrogens with one attached hydrogen (secondary N) is 1. The molecule has 0 aliphatic heterocycles. The van der Waals surface area contributed by atoms with Gasteiger partial charge in [0.15, 0.2) is 0 Å². The number of nitrogens with zero attached hydrogens (tertiary/aromatic N) is 1. The molecule has 1 heterocycles. The Labute approximate surface area is 108 Å². The number of ether oxygens (including phenoxy) is 1. The van der Waals surface area contributed by atoms with E-state index in [0.717, 1.165) is 5.69 Å². The lowest BCUT2D eigenvalue weighted by Crippen LogP contribution is -2.31. The molecule has 0 aliphatic rings. The van der Waals surface area contributed by atoms with E-state index in [1.807, 2.05) is 12.1 Å². The zero-order valence-corrected chi connectivity index (χ0v) is 11.3. The lowest BCUT2D eigenvalue weighted by Gasteiger charge is -2.23. The summed E-state index contributed by atoms with van der Waals surface area (Å²) in [7, 11) is 1.69. The Hall–Kier alpha value is -1.20. The first-order chi connectivity index (χ1) is 8.06. The molecular weight excluding hydrogens is 234 g/mol. The van der Waals surface area contributed by atoms with Crippen LogP contribution in [0.5, 0.6) is 0 Å². The summed E-state index contributed by atoms with van der Waals surface area (Å²) in [4.78, 5) is 4.48. The van der Waals surface area contributed by atoms with Crippen molar-refractivity contribution in [2.75, 3.05) is 19.0 Å². The molecular formula is C12H19N3OS. The maximum atomic E-state index is 5.64. The summed E-state index contributed by atoms with van der Waals surface area (Å²) in [6.07, 6.45) is 1.68. The maximum Gasteiger partial charge on any atom is 0.124 e. The Morgan fingerprint density at radius 2 is 2.29 bits per heavy atom. The van der Waals surface area contributed by atoms with Gasteiger partial charge in [0.25, 0.3) is 0 Å². The third-order valence-corrected chi connectivity index (χ3v) is 2.73. The molecule has 0 aromatic carbocycles. The minimum Gasteiger partial charge on any atom is -0.388 e. The summed E-state index contributed by atoms with van der Waals surface area (Å²) in [5, 5.41) is 3.37. The summed E-state index contributed by atoms with van der Waals surface area (Å²) in [5.41, 5.74) is 7.12. The first kappa shape index (κ1) is 13.9. The van der Waals surface area contributed by atoms with Crippen molar-refractivity contribution < 1.29 is 4.74 Å². The van der Waals surface area contributed by atoms with E-state index < -0.39 is 0 Å². The average molecular weight is 253 g/mol. The predicted molar refractivity (Wildman–Crippen MR) is 74.2 cm³/mol. The molecule has 0 radical (unpaired) electrons. The van der Waals surface area contributed by atoms with E-state index in [4.69, 9.17) is 22.7 Å². The minimum atomic E-state index is 0.206. The molecule has 94 valence electrons. The second kappa shape index (κ2) is 6.51. The lowest BCUT2D eigenvalue weighted by molar-refractivity contribution is 0.171. The van der Waals surface area contributed by atoms with Crippen molar-refractivity contribution in [1.29, 1.82) is 0 Å². The molecule has 1 aromatic rings. The largest absolute Gasteiger partial charge is 0.388 e. The van der Waals surface area contributed by atoms with Crippen LogP contribution >= 0.6 is 12.2 Å². The lowest BCUT2D eigenvalue weighted by atomic mass is 10.0. The van der Waals surface area contributed by atoms with Crippen LogP contribution in [-0.2, 0) is 4.74 Å². The summed E-state index contributed by atoms with van der Waals surface area (Å²) in [6, 6.07) is 3.98. The number of pyridine rings is 1. The van der Waals surface area contributed by atoms with Crippen molar-refractivity contribution in [2.45, 2.75) is 19.9 Å². The number of methoxy groups -OCH3 is 1. The molecule has 0 spiro atoms. The molecule has 0 amide bonds. The highest BCUT2D eigenvalue weighted by atomic mass is 32.1. The quantitative estimate of drug-likeness (QED) is 0.757. The molecule has 1 atom stereocenters. The summed E-state index contributed by atoms with van der Waals surface area (Å²) in [5.74, 6) is 0.439. The van der Waals surface area contributed by atoms with E-state index in [1.165, 1.54) is 0 Å². The van der Waals surface area contributed by atoms with Crippen molar-refractivity contribution in [3.8, 4) is 0 Å². The summed E-state index contributed by atoms with van der Waals surface area (Å²) in [6.45, 7) is 4.89. The smallest absolute Gasteiger partial charge is 0.124 e. The predicted octanol–water partition coefficient (Wildman–Crippen LogP) is 1.80. The third kappa shape index (κ3) is 3.94. The van der Waals surface area contributed by atoms with Crippen molar-refractivity contribution in [1.82, 2.24) is 4.98 Å². The van der Waals surface area contributed by atoms with Crippen molar-refractivity contribution >= 4 is 22.9 Å². The van der Waals surface area contributed by atoms with Crippen LogP contribution in [0.25, 0.3) is 0 Å². The molecule has 5 heteroatoms. The number of nitrogens with two attached hydrogens (primary N) is 1. The van der Waals surface area contributed by atoms with Crippen LogP contribution < -0.4 is 11.1 Å². The molecule has 0 saturated carbocycles. The van der Waals surface area contributed by atoms with E-state index in [9.17, 15) is 0 Å². The molecule has 0 aliphatic carbocycles. The van der Waals surface area contributed by atoms with Gasteiger partial charge in [-0.3, -0.25) is 4.98 Å². The SMILES string of the molecule is COCC(Nc1cccnc1C(N)=S)C(C)C. The van der Waals surface area contributed by atoms with Gasteiger partial charge in [0.05, 0.1) is 18.3 Å². The summed E-state index contributed by atoms with van der Waals surface area (Å²) < 4.78 is 5.19. The first-order valence-electron chi connectivity index (χ1n) is 5.56. The maximum absolute atomic E-state index is 5.64. The standard InChI is InChI=1S/C12H19N3OS/c1-8(2)10(7-16-3)15-9-5-4-6-14-11(9)12(13)17/h4-6,8,10,15H,7H2,1-3H3,(H2,13,17). The van der Waals surface area contributed by atoms with E-state index in [1.54, 1.807) is 13.3 Å². The highest BCUT2D eigenvalue weighted by Gasteiger charge is 2.15. The zero-order chi connectivity index (χ0) is 12.8. The van der Waals surface area contributed by atoms with Crippen LogP contribution in [0.3, 0.4) is 0 Å². The van der Waals surface area contributed by atoms with Gasteiger partial charge in [-0.05, 0) is 18.1 Å². The molecule has 1 aromatic heterocycles. The van der Waals surface area contributed by atoms with Gasteiger partial charge in [-0.25, -0.2) is 0 Å². The summed E-state index contributed by atoms with van der Waals surface area (Å²) >= 11 is 4.98. The Balaban J connectivity index is 2.88. The number of rotatable bonds is 6.